The monoisotopic (exact) mass is 252 g/mol. The number of hydrogen-bond acceptors (Lipinski definition) is 3. The maximum absolute atomic E-state index is 11.8. The lowest BCUT2D eigenvalue weighted by Gasteiger charge is -2.12. The van der Waals surface area contributed by atoms with Crippen LogP contribution in [0.3, 0.4) is 0 Å². The van der Waals surface area contributed by atoms with E-state index >= 15 is 0 Å². The molecule has 0 radical (unpaired) electrons. The highest BCUT2D eigenvalue weighted by atomic mass is 32.2. The van der Waals surface area contributed by atoms with E-state index in [9.17, 15) is 4.79 Å². The number of thioether (sulfide) groups is 1. The highest BCUT2D eigenvalue weighted by Crippen LogP contribution is 2.14. The molecule has 0 aliphatic carbocycles. The van der Waals surface area contributed by atoms with Crippen molar-refractivity contribution in [1.82, 2.24) is 0 Å². The summed E-state index contributed by atoms with van der Waals surface area (Å²) in [5.74, 6) is 0.797. The van der Waals surface area contributed by atoms with Gasteiger partial charge in [0.25, 0.3) is 0 Å². The molecule has 0 saturated carbocycles. The fraction of sp³-hybridized carbons (Fsp3) is 0.462. The number of nitrogens with one attached hydrogen (secondary N) is 1. The van der Waals surface area contributed by atoms with E-state index in [1.807, 2.05) is 32.2 Å². The number of amides is 1. The molecule has 0 unspecified atom stereocenters. The van der Waals surface area contributed by atoms with E-state index in [0.29, 0.717) is 6.42 Å². The molecule has 0 aliphatic heterocycles. The van der Waals surface area contributed by atoms with Crippen LogP contribution in [0.5, 0.6) is 0 Å². The third-order valence-corrected chi connectivity index (χ3v) is 3.10. The van der Waals surface area contributed by atoms with Crippen molar-refractivity contribution in [2.24, 2.45) is 5.73 Å². The van der Waals surface area contributed by atoms with Gasteiger partial charge in [0.1, 0.15) is 0 Å². The fourth-order valence-electron chi connectivity index (χ4n) is 1.66. The van der Waals surface area contributed by atoms with Crippen molar-refractivity contribution in [3.63, 3.8) is 0 Å². The normalized spacial score (nSPS) is 12.2. The van der Waals surface area contributed by atoms with Gasteiger partial charge in [-0.2, -0.15) is 11.8 Å². The fourth-order valence-corrected chi connectivity index (χ4v) is 2.15. The zero-order valence-electron chi connectivity index (χ0n) is 10.6. The lowest BCUT2D eigenvalue weighted by molar-refractivity contribution is -0.117. The van der Waals surface area contributed by atoms with Crippen LogP contribution in [0.1, 0.15) is 17.5 Å². The van der Waals surface area contributed by atoms with Crippen molar-refractivity contribution in [2.75, 3.05) is 17.3 Å². The Morgan fingerprint density at radius 3 is 2.47 bits per heavy atom. The average Bonchev–Trinajstić information content (AvgIpc) is 2.24. The minimum atomic E-state index is -0.428. The van der Waals surface area contributed by atoms with Gasteiger partial charge in [0, 0.05) is 5.69 Å². The smallest absolute Gasteiger partial charge is 0.241 e. The number of benzene rings is 1. The summed E-state index contributed by atoms with van der Waals surface area (Å²) in [6.07, 6.45) is 2.71. The maximum Gasteiger partial charge on any atom is 0.241 e. The minimum Gasteiger partial charge on any atom is -0.325 e. The largest absolute Gasteiger partial charge is 0.325 e. The Labute approximate surface area is 107 Å². The molecule has 0 aliphatic rings. The van der Waals surface area contributed by atoms with Gasteiger partial charge in [0.05, 0.1) is 6.04 Å². The Hall–Kier alpha value is -1.00. The molecule has 1 aromatic carbocycles. The van der Waals surface area contributed by atoms with E-state index < -0.39 is 6.04 Å². The Morgan fingerprint density at radius 1 is 1.35 bits per heavy atom. The summed E-state index contributed by atoms with van der Waals surface area (Å²) in [6.45, 7) is 4.02. The lowest BCUT2D eigenvalue weighted by atomic mass is 10.1. The van der Waals surface area contributed by atoms with Gasteiger partial charge < -0.3 is 11.1 Å². The van der Waals surface area contributed by atoms with Gasteiger partial charge in [-0.15, -0.1) is 0 Å². The summed E-state index contributed by atoms with van der Waals surface area (Å²) in [6, 6.07) is 5.55. The van der Waals surface area contributed by atoms with Crippen LogP contribution in [0.2, 0.25) is 0 Å². The van der Waals surface area contributed by atoms with Crippen LogP contribution >= 0.6 is 11.8 Å². The number of hydrogen-bond donors (Lipinski definition) is 2. The topological polar surface area (TPSA) is 55.1 Å². The summed E-state index contributed by atoms with van der Waals surface area (Å²) in [5.41, 5.74) is 8.90. The third kappa shape index (κ3) is 4.79. The molecule has 0 aromatic heterocycles. The Bertz CT molecular complexity index is 373. The average molecular weight is 252 g/mol. The first-order valence-electron chi connectivity index (χ1n) is 5.66. The molecule has 4 heteroatoms. The second-order valence-electron chi connectivity index (χ2n) is 4.25. The highest BCUT2D eigenvalue weighted by molar-refractivity contribution is 7.98. The molecule has 0 spiro atoms. The molecule has 17 heavy (non-hydrogen) atoms. The zero-order chi connectivity index (χ0) is 12.8. The molecule has 1 rings (SSSR count). The van der Waals surface area contributed by atoms with Gasteiger partial charge in [-0.05, 0) is 55.5 Å². The summed E-state index contributed by atoms with van der Waals surface area (Å²) in [5, 5.41) is 2.86. The minimum absolute atomic E-state index is 0.107. The van der Waals surface area contributed by atoms with Crippen molar-refractivity contribution in [1.29, 1.82) is 0 Å². The molecule has 3 N–H and O–H groups in total. The predicted molar refractivity (Wildman–Crippen MR) is 75.5 cm³/mol. The van der Waals surface area contributed by atoms with E-state index in [4.69, 9.17) is 5.73 Å². The van der Waals surface area contributed by atoms with Gasteiger partial charge >= 0.3 is 0 Å². The summed E-state index contributed by atoms with van der Waals surface area (Å²) < 4.78 is 0. The van der Waals surface area contributed by atoms with Crippen molar-refractivity contribution < 1.29 is 4.79 Å². The van der Waals surface area contributed by atoms with Crippen molar-refractivity contribution in [3.8, 4) is 0 Å². The van der Waals surface area contributed by atoms with Crippen LogP contribution < -0.4 is 11.1 Å². The van der Waals surface area contributed by atoms with Crippen LogP contribution in [0.15, 0.2) is 18.2 Å². The number of aryl methyl sites for hydroxylation is 2. The van der Waals surface area contributed by atoms with Gasteiger partial charge in [0.2, 0.25) is 5.91 Å². The number of carbonyl (C=O) groups is 1. The zero-order valence-corrected chi connectivity index (χ0v) is 11.4. The first-order chi connectivity index (χ1) is 8.02. The van der Waals surface area contributed by atoms with E-state index in [1.54, 1.807) is 11.8 Å². The van der Waals surface area contributed by atoms with Crippen molar-refractivity contribution >= 4 is 23.4 Å². The molecule has 94 valence electrons. The van der Waals surface area contributed by atoms with Gasteiger partial charge in [0.15, 0.2) is 0 Å². The Morgan fingerprint density at radius 2 is 1.94 bits per heavy atom. The molecule has 0 fully saturated rings. The molecule has 0 bridgehead atoms. The number of carbonyl (C=O) groups excluding carboxylic acids is 1. The molecule has 0 heterocycles. The highest BCUT2D eigenvalue weighted by Gasteiger charge is 2.12. The third-order valence-electron chi connectivity index (χ3n) is 2.46. The van der Waals surface area contributed by atoms with Crippen molar-refractivity contribution in [3.05, 3.63) is 29.3 Å². The van der Waals surface area contributed by atoms with Gasteiger partial charge in [-0.1, -0.05) is 6.07 Å². The second-order valence-corrected chi connectivity index (χ2v) is 5.24. The van der Waals surface area contributed by atoms with E-state index in [-0.39, 0.29) is 5.91 Å². The Kier molecular flexibility index (Phi) is 5.51. The number of nitrogens with two attached hydrogens (primary N) is 1. The van der Waals surface area contributed by atoms with E-state index in [1.165, 1.54) is 0 Å². The SMILES string of the molecule is CSCC[C@@H](N)C(=O)Nc1cc(C)cc(C)c1. The summed E-state index contributed by atoms with van der Waals surface area (Å²) >= 11 is 1.70. The van der Waals surface area contributed by atoms with Crippen LogP contribution in [-0.4, -0.2) is 24.0 Å². The second kappa shape index (κ2) is 6.67. The number of rotatable bonds is 5. The molecule has 0 saturated heterocycles. The van der Waals surface area contributed by atoms with Crippen LogP contribution in [0, 0.1) is 13.8 Å². The molecular weight excluding hydrogens is 232 g/mol. The Balaban J connectivity index is 2.61. The number of anilines is 1. The predicted octanol–water partition coefficient (Wildman–Crippen LogP) is 2.32. The molecule has 1 amide bonds. The molecular formula is C13H20N2OS. The van der Waals surface area contributed by atoms with Gasteiger partial charge in [-0.25, -0.2) is 0 Å². The molecule has 3 nitrogen and oxygen atoms in total. The van der Waals surface area contributed by atoms with Crippen LogP contribution in [0.25, 0.3) is 0 Å². The molecule has 1 atom stereocenters. The van der Waals surface area contributed by atoms with E-state index in [0.717, 1.165) is 22.6 Å². The lowest BCUT2D eigenvalue weighted by Crippen LogP contribution is -2.36. The van der Waals surface area contributed by atoms with E-state index in [2.05, 4.69) is 11.4 Å². The quantitative estimate of drug-likeness (QED) is 0.845. The van der Waals surface area contributed by atoms with Crippen LogP contribution in [-0.2, 0) is 4.79 Å². The standard InChI is InChI=1S/C13H20N2OS/c1-9-6-10(2)8-11(7-9)15-13(16)12(14)4-5-17-3/h6-8,12H,4-5,14H2,1-3H3,(H,15,16)/t12-/m1/s1. The molecule has 1 aromatic rings. The first-order valence-corrected chi connectivity index (χ1v) is 7.06. The summed E-state index contributed by atoms with van der Waals surface area (Å²) in [4.78, 5) is 11.8. The van der Waals surface area contributed by atoms with Crippen molar-refractivity contribution in [2.45, 2.75) is 26.3 Å². The van der Waals surface area contributed by atoms with Gasteiger partial charge in [-0.3, -0.25) is 4.79 Å². The maximum atomic E-state index is 11.8. The summed E-state index contributed by atoms with van der Waals surface area (Å²) in [7, 11) is 0. The van der Waals surface area contributed by atoms with Crippen LogP contribution in [0.4, 0.5) is 5.69 Å². The first kappa shape index (κ1) is 14.1.